The molecule has 0 radical (unpaired) electrons. The van der Waals surface area contributed by atoms with Gasteiger partial charge in [0.25, 0.3) is 5.91 Å². The number of nitrogens with one attached hydrogen (secondary N) is 2. The number of hydrogen-bond donors (Lipinski definition) is 2. The first-order valence-electron chi connectivity index (χ1n) is 7.27. The number of carbonyl (C=O) groups is 1. The molecule has 0 unspecified atom stereocenters. The fraction of sp³-hybridized carbons (Fsp3) is 0.562. The molecule has 0 heterocycles. The van der Waals surface area contributed by atoms with Crippen LogP contribution in [0, 0.1) is 13.8 Å². The molecule has 2 N–H and O–H groups in total. The van der Waals surface area contributed by atoms with Gasteiger partial charge in [0.2, 0.25) is 0 Å². The summed E-state index contributed by atoms with van der Waals surface area (Å²) < 4.78 is 10.6. The summed E-state index contributed by atoms with van der Waals surface area (Å²) in [5, 5.41) is 6.03. The van der Waals surface area contributed by atoms with E-state index in [1.165, 1.54) is 5.56 Å². The first kappa shape index (κ1) is 17.5. The lowest BCUT2D eigenvalue weighted by atomic mass is 10.1. The first-order chi connectivity index (χ1) is 10.1. The summed E-state index contributed by atoms with van der Waals surface area (Å²) in [6, 6.07) is 4.17. The van der Waals surface area contributed by atoms with Crippen molar-refractivity contribution in [3.05, 3.63) is 28.8 Å². The zero-order valence-corrected chi connectivity index (χ0v) is 13.4. The van der Waals surface area contributed by atoms with Crippen LogP contribution in [-0.4, -0.2) is 39.3 Å². The standard InChI is InChI=1S/C16H26N2O3/c1-5-18-15(19)11-21-16-12(2)8-14(9-13(16)3)10-17-6-7-20-4/h8-9,17H,5-7,10-11H2,1-4H3,(H,18,19). The number of likely N-dealkylation sites (N-methyl/N-ethyl adjacent to an activating group) is 1. The molecule has 1 rings (SSSR count). The van der Waals surface area contributed by atoms with Crippen molar-refractivity contribution >= 4 is 5.91 Å². The lowest BCUT2D eigenvalue weighted by Crippen LogP contribution is -2.28. The highest BCUT2D eigenvalue weighted by molar-refractivity contribution is 5.77. The average Bonchev–Trinajstić information content (AvgIpc) is 2.43. The second-order valence-electron chi connectivity index (χ2n) is 4.97. The summed E-state index contributed by atoms with van der Waals surface area (Å²) in [6.45, 7) is 8.88. The Morgan fingerprint density at radius 3 is 2.48 bits per heavy atom. The Morgan fingerprint density at radius 2 is 1.90 bits per heavy atom. The Hall–Kier alpha value is -1.59. The second kappa shape index (κ2) is 9.37. The quantitative estimate of drug-likeness (QED) is 0.679. The highest BCUT2D eigenvalue weighted by atomic mass is 16.5. The van der Waals surface area contributed by atoms with Crippen molar-refractivity contribution < 1.29 is 14.3 Å². The van der Waals surface area contributed by atoms with Crippen LogP contribution in [0.4, 0.5) is 0 Å². The number of hydrogen-bond acceptors (Lipinski definition) is 4. The van der Waals surface area contributed by atoms with Gasteiger partial charge in [0.05, 0.1) is 6.61 Å². The van der Waals surface area contributed by atoms with Crippen LogP contribution in [0.5, 0.6) is 5.75 Å². The predicted octanol–water partition coefficient (Wildman–Crippen LogP) is 1.55. The molecule has 0 aromatic heterocycles. The number of carbonyl (C=O) groups excluding carboxylic acids is 1. The van der Waals surface area contributed by atoms with E-state index >= 15 is 0 Å². The normalized spacial score (nSPS) is 10.5. The molecule has 1 amide bonds. The third kappa shape index (κ3) is 6.14. The van der Waals surface area contributed by atoms with Crippen molar-refractivity contribution in [3.63, 3.8) is 0 Å². The largest absolute Gasteiger partial charge is 0.483 e. The lowest BCUT2D eigenvalue weighted by Gasteiger charge is -2.14. The smallest absolute Gasteiger partial charge is 0.257 e. The van der Waals surface area contributed by atoms with Crippen molar-refractivity contribution in [3.8, 4) is 5.75 Å². The van der Waals surface area contributed by atoms with Gasteiger partial charge < -0.3 is 20.1 Å². The Morgan fingerprint density at radius 1 is 1.24 bits per heavy atom. The summed E-state index contributed by atoms with van der Waals surface area (Å²) in [5.41, 5.74) is 3.29. The van der Waals surface area contributed by atoms with E-state index in [-0.39, 0.29) is 12.5 Å². The molecule has 0 atom stereocenters. The lowest BCUT2D eigenvalue weighted by molar-refractivity contribution is -0.122. The van der Waals surface area contributed by atoms with Gasteiger partial charge in [-0.3, -0.25) is 4.79 Å². The van der Waals surface area contributed by atoms with Crippen molar-refractivity contribution in [1.29, 1.82) is 0 Å². The third-order valence-electron chi connectivity index (χ3n) is 3.05. The second-order valence-corrected chi connectivity index (χ2v) is 4.97. The summed E-state index contributed by atoms with van der Waals surface area (Å²) in [6.07, 6.45) is 0. The highest BCUT2D eigenvalue weighted by Gasteiger charge is 2.08. The molecule has 0 spiro atoms. The summed E-state index contributed by atoms with van der Waals surface area (Å²) in [7, 11) is 1.69. The van der Waals surface area contributed by atoms with E-state index in [0.29, 0.717) is 13.2 Å². The molecule has 1 aromatic carbocycles. The van der Waals surface area contributed by atoms with Crippen LogP contribution in [0.15, 0.2) is 12.1 Å². The number of aryl methyl sites for hydroxylation is 2. The van der Waals surface area contributed by atoms with Gasteiger partial charge in [-0.25, -0.2) is 0 Å². The molecule has 0 aliphatic carbocycles. The highest BCUT2D eigenvalue weighted by Crippen LogP contribution is 2.24. The Kier molecular flexibility index (Phi) is 7.79. The molecule has 21 heavy (non-hydrogen) atoms. The van der Waals surface area contributed by atoms with Gasteiger partial charge in [0.15, 0.2) is 6.61 Å². The molecule has 0 saturated heterocycles. The fourth-order valence-corrected chi connectivity index (χ4v) is 2.16. The van der Waals surface area contributed by atoms with Gasteiger partial charge in [-0.15, -0.1) is 0 Å². The molecule has 0 aliphatic heterocycles. The average molecular weight is 294 g/mol. The molecule has 0 fully saturated rings. The maximum absolute atomic E-state index is 11.5. The van der Waals surface area contributed by atoms with Crippen molar-refractivity contribution in [1.82, 2.24) is 10.6 Å². The number of ether oxygens (including phenoxy) is 2. The zero-order chi connectivity index (χ0) is 15.7. The van der Waals surface area contributed by atoms with Crippen LogP contribution in [0.3, 0.4) is 0 Å². The van der Waals surface area contributed by atoms with Crippen LogP contribution in [-0.2, 0) is 16.1 Å². The summed E-state index contributed by atoms with van der Waals surface area (Å²) >= 11 is 0. The zero-order valence-electron chi connectivity index (χ0n) is 13.4. The number of amides is 1. The van der Waals surface area contributed by atoms with Gasteiger partial charge >= 0.3 is 0 Å². The van der Waals surface area contributed by atoms with E-state index in [9.17, 15) is 4.79 Å². The minimum absolute atomic E-state index is 0.0565. The first-order valence-corrected chi connectivity index (χ1v) is 7.27. The molecular weight excluding hydrogens is 268 g/mol. The number of methoxy groups -OCH3 is 1. The molecular formula is C16H26N2O3. The van der Waals surface area contributed by atoms with E-state index in [4.69, 9.17) is 9.47 Å². The van der Waals surface area contributed by atoms with Gasteiger partial charge in [-0.05, 0) is 37.5 Å². The van der Waals surface area contributed by atoms with Gasteiger partial charge in [0.1, 0.15) is 5.75 Å². The van der Waals surface area contributed by atoms with Crippen LogP contribution in [0.2, 0.25) is 0 Å². The van der Waals surface area contributed by atoms with E-state index in [1.54, 1.807) is 7.11 Å². The SMILES string of the molecule is CCNC(=O)COc1c(C)cc(CNCCOC)cc1C. The maximum Gasteiger partial charge on any atom is 0.257 e. The van der Waals surface area contributed by atoms with Gasteiger partial charge in [-0.1, -0.05) is 12.1 Å². The minimum atomic E-state index is -0.0957. The third-order valence-corrected chi connectivity index (χ3v) is 3.05. The minimum Gasteiger partial charge on any atom is -0.483 e. The van der Waals surface area contributed by atoms with Crippen molar-refractivity contribution in [2.45, 2.75) is 27.3 Å². The Bertz CT molecular complexity index is 438. The topological polar surface area (TPSA) is 59.6 Å². The number of rotatable bonds is 9. The van der Waals surface area contributed by atoms with E-state index in [2.05, 4.69) is 22.8 Å². The predicted molar refractivity (Wildman–Crippen MR) is 83.7 cm³/mol. The molecule has 0 saturated carbocycles. The summed E-state index contributed by atoms with van der Waals surface area (Å²) in [5.74, 6) is 0.698. The van der Waals surface area contributed by atoms with E-state index in [0.717, 1.165) is 30.0 Å². The van der Waals surface area contributed by atoms with Gasteiger partial charge in [-0.2, -0.15) is 0 Å². The molecule has 5 nitrogen and oxygen atoms in total. The Labute approximate surface area is 127 Å². The van der Waals surface area contributed by atoms with Crippen LogP contribution in [0.25, 0.3) is 0 Å². The maximum atomic E-state index is 11.5. The van der Waals surface area contributed by atoms with Crippen molar-refractivity contribution in [2.75, 3.05) is 33.4 Å². The monoisotopic (exact) mass is 294 g/mol. The summed E-state index contributed by atoms with van der Waals surface area (Å²) in [4.78, 5) is 11.5. The molecule has 118 valence electrons. The molecule has 1 aromatic rings. The van der Waals surface area contributed by atoms with E-state index in [1.807, 2.05) is 20.8 Å². The van der Waals surface area contributed by atoms with Crippen LogP contribution in [0.1, 0.15) is 23.6 Å². The Balaban J connectivity index is 2.60. The van der Waals surface area contributed by atoms with Crippen LogP contribution < -0.4 is 15.4 Å². The molecule has 5 heteroatoms. The van der Waals surface area contributed by atoms with Gasteiger partial charge in [0, 0.05) is 26.7 Å². The van der Waals surface area contributed by atoms with Crippen molar-refractivity contribution in [2.24, 2.45) is 0 Å². The molecule has 0 bridgehead atoms. The van der Waals surface area contributed by atoms with Crippen LogP contribution >= 0.6 is 0 Å². The fourth-order valence-electron chi connectivity index (χ4n) is 2.16. The van der Waals surface area contributed by atoms with E-state index < -0.39 is 0 Å². The molecule has 0 aliphatic rings. The number of benzene rings is 1.